The number of fused-ring (bicyclic) bond motifs is 1. The summed E-state index contributed by atoms with van der Waals surface area (Å²) < 4.78 is 16.6. The van der Waals surface area contributed by atoms with E-state index in [1.165, 1.54) is 12.1 Å². The van der Waals surface area contributed by atoms with Crippen molar-refractivity contribution in [3.8, 4) is 5.82 Å². The molecule has 3 aromatic heterocycles. The van der Waals surface area contributed by atoms with Crippen molar-refractivity contribution in [1.29, 1.82) is 0 Å². The summed E-state index contributed by atoms with van der Waals surface area (Å²) in [4.78, 5) is 12.4. The van der Waals surface area contributed by atoms with Crippen molar-refractivity contribution >= 4 is 28.8 Å². The molecule has 1 N–H and O–H groups in total. The summed E-state index contributed by atoms with van der Waals surface area (Å²) in [6.45, 7) is 5.67. The number of carbonyl (C=O) groups is 1. The molecule has 0 saturated heterocycles. The van der Waals surface area contributed by atoms with Crippen LogP contribution < -0.4 is 5.32 Å². The largest absolute Gasteiger partial charge is 0.325 e. The van der Waals surface area contributed by atoms with E-state index in [1.54, 1.807) is 9.20 Å². The van der Waals surface area contributed by atoms with Crippen molar-refractivity contribution in [3.05, 3.63) is 63.9 Å². The van der Waals surface area contributed by atoms with Crippen molar-refractivity contribution in [2.24, 2.45) is 0 Å². The van der Waals surface area contributed by atoms with Crippen LogP contribution >= 0.6 is 11.6 Å². The van der Waals surface area contributed by atoms with E-state index in [1.807, 2.05) is 32.9 Å². The third-order valence-electron chi connectivity index (χ3n) is 4.87. The summed E-state index contributed by atoms with van der Waals surface area (Å²) in [5.74, 6) is 0.657. The Morgan fingerprint density at radius 3 is 2.70 bits per heavy atom. The maximum absolute atomic E-state index is 13.2. The number of hydrogen-bond donors (Lipinski definition) is 1. The molecule has 0 fully saturated rings. The summed E-state index contributed by atoms with van der Waals surface area (Å²) in [5, 5.41) is 20.1. The quantitative estimate of drug-likeness (QED) is 0.525. The van der Waals surface area contributed by atoms with Crippen molar-refractivity contribution in [2.75, 3.05) is 5.32 Å². The van der Waals surface area contributed by atoms with Crippen LogP contribution in [0.2, 0.25) is 5.02 Å². The Labute approximate surface area is 176 Å². The van der Waals surface area contributed by atoms with Crippen LogP contribution in [0.1, 0.15) is 29.2 Å². The molecular weight excluding hydrogens is 409 g/mol. The summed E-state index contributed by atoms with van der Waals surface area (Å²) in [6.07, 6.45) is 0.730. The zero-order valence-corrected chi connectivity index (χ0v) is 17.4. The first kappa shape index (κ1) is 20.0. The molecule has 1 aromatic carbocycles. The molecule has 0 unspecified atom stereocenters. The Morgan fingerprint density at radius 2 is 1.93 bits per heavy atom. The summed E-state index contributed by atoms with van der Waals surface area (Å²) >= 11 is 5.97. The van der Waals surface area contributed by atoms with Crippen molar-refractivity contribution in [3.63, 3.8) is 0 Å². The SMILES string of the molecule is Cc1nn(-c2ccc3nnc(C)n3n2)c(C)c1CCC(=O)Nc1ccc(F)cc1Cl. The topological polar surface area (TPSA) is 90.0 Å². The molecule has 3 heterocycles. The minimum atomic E-state index is -0.454. The Kier molecular flexibility index (Phi) is 5.21. The van der Waals surface area contributed by atoms with Gasteiger partial charge in [-0.2, -0.15) is 9.61 Å². The zero-order chi connectivity index (χ0) is 21.4. The maximum Gasteiger partial charge on any atom is 0.224 e. The van der Waals surface area contributed by atoms with Crippen molar-refractivity contribution < 1.29 is 9.18 Å². The number of aromatic nitrogens is 6. The van der Waals surface area contributed by atoms with Crippen LogP contribution in [0.5, 0.6) is 0 Å². The van der Waals surface area contributed by atoms with Crippen LogP contribution in [0.25, 0.3) is 11.5 Å². The molecule has 4 rings (SSSR count). The standard InChI is InChI=1S/C20H19ClFN7O/c1-11-15(5-9-20(30)23-17-6-4-14(22)10-16(17)21)12(2)28(26-11)19-8-7-18-25-24-13(3)29(18)27-19/h4,6-8,10H,5,9H2,1-3H3,(H,23,30). The van der Waals surface area contributed by atoms with Gasteiger partial charge in [0.15, 0.2) is 17.3 Å². The first-order valence-electron chi connectivity index (χ1n) is 9.33. The lowest BCUT2D eigenvalue weighted by atomic mass is 10.1. The van der Waals surface area contributed by atoms with E-state index in [0.717, 1.165) is 23.0 Å². The Bertz CT molecular complexity index is 1260. The third-order valence-corrected chi connectivity index (χ3v) is 5.18. The molecule has 0 aliphatic heterocycles. The lowest BCUT2D eigenvalue weighted by molar-refractivity contribution is -0.116. The second-order valence-electron chi connectivity index (χ2n) is 6.94. The van der Waals surface area contributed by atoms with Gasteiger partial charge in [0.2, 0.25) is 5.91 Å². The third kappa shape index (κ3) is 3.76. The van der Waals surface area contributed by atoms with Crippen LogP contribution in [0.3, 0.4) is 0 Å². The molecule has 10 heteroatoms. The first-order chi connectivity index (χ1) is 14.3. The number of hydrogen-bond acceptors (Lipinski definition) is 5. The minimum absolute atomic E-state index is 0.161. The average molecular weight is 428 g/mol. The fourth-order valence-electron chi connectivity index (χ4n) is 3.30. The van der Waals surface area contributed by atoms with Gasteiger partial charge in [0.1, 0.15) is 5.82 Å². The molecule has 30 heavy (non-hydrogen) atoms. The van der Waals surface area contributed by atoms with E-state index in [9.17, 15) is 9.18 Å². The summed E-state index contributed by atoms with van der Waals surface area (Å²) in [5.41, 5.74) is 3.74. The summed E-state index contributed by atoms with van der Waals surface area (Å²) in [6, 6.07) is 7.52. The molecule has 0 saturated carbocycles. The highest BCUT2D eigenvalue weighted by atomic mass is 35.5. The van der Waals surface area contributed by atoms with E-state index in [2.05, 4.69) is 25.7 Å². The Hall–Kier alpha value is -3.33. The van der Waals surface area contributed by atoms with E-state index < -0.39 is 5.82 Å². The van der Waals surface area contributed by atoms with Crippen LogP contribution in [-0.2, 0) is 11.2 Å². The number of amides is 1. The van der Waals surface area contributed by atoms with Gasteiger partial charge in [0, 0.05) is 12.1 Å². The van der Waals surface area contributed by atoms with E-state index in [4.69, 9.17) is 11.6 Å². The molecule has 0 aliphatic carbocycles. The second-order valence-corrected chi connectivity index (χ2v) is 7.35. The lowest BCUT2D eigenvalue weighted by Crippen LogP contribution is -2.13. The van der Waals surface area contributed by atoms with Crippen LogP contribution in [0, 0.1) is 26.6 Å². The Balaban J connectivity index is 1.51. The molecule has 154 valence electrons. The van der Waals surface area contributed by atoms with Gasteiger partial charge >= 0.3 is 0 Å². The monoisotopic (exact) mass is 427 g/mol. The maximum atomic E-state index is 13.2. The smallest absolute Gasteiger partial charge is 0.224 e. The molecular formula is C20H19ClFN7O. The van der Waals surface area contributed by atoms with Gasteiger partial charge in [-0.25, -0.2) is 9.07 Å². The molecule has 0 spiro atoms. The first-order valence-corrected chi connectivity index (χ1v) is 9.70. The van der Waals surface area contributed by atoms with Gasteiger partial charge in [-0.3, -0.25) is 4.79 Å². The van der Waals surface area contributed by atoms with E-state index >= 15 is 0 Å². The normalized spacial score (nSPS) is 11.2. The fourth-order valence-corrected chi connectivity index (χ4v) is 3.52. The number of nitrogens with zero attached hydrogens (tertiary/aromatic N) is 6. The van der Waals surface area contributed by atoms with Gasteiger partial charge < -0.3 is 5.32 Å². The van der Waals surface area contributed by atoms with Crippen LogP contribution in [0.4, 0.5) is 10.1 Å². The number of nitrogens with one attached hydrogen (secondary N) is 1. The number of aryl methyl sites for hydroxylation is 2. The number of benzene rings is 1. The van der Waals surface area contributed by atoms with Gasteiger partial charge in [0.05, 0.1) is 16.4 Å². The molecule has 4 aromatic rings. The average Bonchev–Trinajstić information content (AvgIpc) is 3.21. The van der Waals surface area contributed by atoms with E-state index in [0.29, 0.717) is 29.4 Å². The fraction of sp³-hybridized carbons (Fsp3) is 0.250. The highest BCUT2D eigenvalue weighted by Crippen LogP contribution is 2.23. The number of carbonyl (C=O) groups excluding carboxylic acids is 1. The molecule has 0 radical (unpaired) electrons. The molecule has 0 atom stereocenters. The second kappa shape index (κ2) is 7.83. The van der Waals surface area contributed by atoms with Crippen LogP contribution in [0.15, 0.2) is 30.3 Å². The van der Waals surface area contributed by atoms with Crippen molar-refractivity contribution in [2.45, 2.75) is 33.6 Å². The van der Waals surface area contributed by atoms with Gasteiger partial charge in [-0.05, 0) is 63.1 Å². The number of anilines is 1. The number of halogens is 2. The predicted octanol–water partition coefficient (Wildman–Crippen LogP) is 3.60. The summed E-state index contributed by atoms with van der Waals surface area (Å²) in [7, 11) is 0. The van der Waals surface area contributed by atoms with Crippen molar-refractivity contribution in [1.82, 2.24) is 29.6 Å². The van der Waals surface area contributed by atoms with Gasteiger partial charge in [-0.1, -0.05) is 11.6 Å². The Morgan fingerprint density at radius 1 is 1.13 bits per heavy atom. The highest BCUT2D eigenvalue weighted by molar-refractivity contribution is 6.33. The highest BCUT2D eigenvalue weighted by Gasteiger charge is 2.16. The lowest BCUT2D eigenvalue weighted by Gasteiger charge is -2.08. The van der Waals surface area contributed by atoms with Gasteiger partial charge in [-0.15, -0.1) is 15.3 Å². The predicted molar refractivity (Wildman–Crippen MR) is 110 cm³/mol. The van der Waals surface area contributed by atoms with Crippen LogP contribution in [-0.4, -0.2) is 35.5 Å². The molecule has 0 aliphatic rings. The van der Waals surface area contributed by atoms with E-state index in [-0.39, 0.29) is 17.4 Å². The molecule has 0 bridgehead atoms. The minimum Gasteiger partial charge on any atom is -0.325 e. The number of rotatable bonds is 5. The molecule has 1 amide bonds. The molecule has 8 nitrogen and oxygen atoms in total. The zero-order valence-electron chi connectivity index (χ0n) is 16.6. The van der Waals surface area contributed by atoms with Gasteiger partial charge in [0.25, 0.3) is 0 Å².